The Labute approximate surface area is 103 Å². The van der Waals surface area contributed by atoms with Gasteiger partial charge in [0, 0.05) is 19.8 Å². The van der Waals surface area contributed by atoms with Crippen LogP contribution in [0.15, 0.2) is 18.5 Å². The maximum atomic E-state index is 11.0. The maximum Gasteiger partial charge on any atom is 0.315 e. The fourth-order valence-electron chi connectivity index (χ4n) is 1.60. The Morgan fingerprint density at radius 3 is 2.94 bits per heavy atom. The lowest BCUT2D eigenvalue weighted by Crippen LogP contribution is -2.05. The third kappa shape index (κ3) is 1.99. The van der Waals surface area contributed by atoms with Crippen molar-refractivity contribution in [3.05, 3.63) is 28.6 Å². The van der Waals surface area contributed by atoms with Gasteiger partial charge in [0.25, 0.3) is 0 Å². The molecule has 0 bridgehead atoms. The quantitative estimate of drug-likeness (QED) is 0.647. The van der Waals surface area contributed by atoms with Crippen LogP contribution in [0.1, 0.15) is 6.92 Å². The Kier molecular flexibility index (Phi) is 3.18. The predicted octanol–water partition coefficient (Wildman–Crippen LogP) is 1.31. The van der Waals surface area contributed by atoms with Gasteiger partial charge < -0.3 is 5.32 Å². The predicted molar refractivity (Wildman–Crippen MR) is 65.1 cm³/mol. The number of nitro groups is 1. The average Bonchev–Trinajstić information content (AvgIpc) is 2.85. The van der Waals surface area contributed by atoms with Gasteiger partial charge in [-0.3, -0.25) is 14.8 Å². The molecule has 18 heavy (non-hydrogen) atoms. The molecule has 0 saturated heterocycles. The normalized spacial score (nSPS) is 10.3. The molecule has 2 aromatic rings. The molecular weight excluding hydrogens is 236 g/mol. The molecule has 8 nitrogen and oxygen atoms in total. The lowest BCUT2D eigenvalue weighted by atomic mass is 10.2. The second kappa shape index (κ2) is 4.78. The zero-order valence-corrected chi connectivity index (χ0v) is 9.99. The smallest absolute Gasteiger partial charge is 0.315 e. The van der Waals surface area contributed by atoms with E-state index in [1.165, 1.54) is 6.20 Å². The summed E-state index contributed by atoms with van der Waals surface area (Å²) in [6, 6.07) is 1.69. The fourth-order valence-corrected chi connectivity index (χ4v) is 1.60. The van der Waals surface area contributed by atoms with Gasteiger partial charge in [-0.25, -0.2) is 9.97 Å². The molecule has 0 aliphatic rings. The molecule has 0 amide bonds. The van der Waals surface area contributed by atoms with Gasteiger partial charge in [0.1, 0.15) is 6.20 Å². The molecule has 8 heteroatoms. The van der Waals surface area contributed by atoms with Gasteiger partial charge in [-0.05, 0) is 13.0 Å². The molecule has 0 aliphatic carbocycles. The van der Waals surface area contributed by atoms with Crippen LogP contribution in [0.2, 0.25) is 0 Å². The van der Waals surface area contributed by atoms with Crippen molar-refractivity contribution in [2.45, 2.75) is 13.5 Å². The summed E-state index contributed by atoms with van der Waals surface area (Å²) in [7, 11) is 1.65. The first-order chi connectivity index (χ1) is 8.67. The highest BCUT2D eigenvalue weighted by molar-refractivity contribution is 5.66. The minimum absolute atomic E-state index is 0.135. The van der Waals surface area contributed by atoms with Gasteiger partial charge in [-0.15, -0.1) is 0 Å². The Morgan fingerprint density at radius 2 is 2.33 bits per heavy atom. The molecule has 94 valence electrons. The molecule has 2 rings (SSSR count). The van der Waals surface area contributed by atoms with Crippen LogP contribution in [0.3, 0.4) is 0 Å². The number of hydrogen-bond donors (Lipinski definition) is 1. The first kappa shape index (κ1) is 12.0. The van der Waals surface area contributed by atoms with E-state index >= 15 is 0 Å². The van der Waals surface area contributed by atoms with E-state index in [9.17, 15) is 10.1 Å². The van der Waals surface area contributed by atoms with Crippen molar-refractivity contribution in [3.63, 3.8) is 0 Å². The van der Waals surface area contributed by atoms with Crippen molar-refractivity contribution in [1.29, 1.82) is 0 Å². The van der Waals surface area contributed by atoms with E-state index in [-0.39, 0.29) is 11.4 Å². The third-order valence-electron chi connectivity index (χ3n) is 2.45. The van der Waals surface area contributed by atoms with E-state index in [0.29, 0.717) is 18.2 Å². The summed E-state index contributed by atoms with van der Waals surface area (Å²) < 4.78 is 1.65. The standard InChI is InChI=1S/C10H12N6O2/c1-3-15-7(4-5-13-15)9-8(16(17)18)6-12-10(11-2)14-9/h4-6H,3H2,1-2H3,(H,11,12,14). The van der Waals surface area contributed by atoms with E-state index in [2.05, 4.69) is 20.4 Å². The minimum Gasteiger partial charge on any atom is -0.357 e. The molecule has 2 aromatic heterocycles. The number of aromatic nitrogens is 4. The molecule has 0 unspecified atom stereocenters. The molecule has 0 spiro atoms. The van der Waals surface area contributed by atoms with E-state index in [1.54, 1.807) is 24.0 Å². The van der Waals surface area contributed by atoms with Gasteiger partial charge in [0.2, 0.25) is 5.95 Å². The van der Waals surface area contributed by atoms with Crippen LogP contribution >= 0.6 is 0 Å². The molecule has 0 fully saturated rings. The summed E-state index contributed by atoms with van der Waals surface area (Å²) >= 11 is 0. The van der Waals surface area contributed by atoms with Crippen LogP contribution < -0.4 is 5.32 Å². The number of nitrogens with one attached hydrogen (secondary N) is 1. The van der Waals surface area contributed by atoms with Gasteiger partial charge in [-0.2, -0.15) is 5.10 Å². The second-order valence-corrected chi connectivity index (χ2v) is 3.47. The van der Waals surface area contributed by atoms with Crippen LogP contribution in [0.25, 0.3) is 11.4 Å². The van der Waals surface area contributed by atoms with E-state index in [0.717, 1.165) is 0 Å². The largest absolute Gasteiger partial charge is 0.357 e. The van der Waals surface area contributed by atoms with Crippen LogP contribution in [0.4, 0.5) is 11.6 Å². The summed E-state index contributed by atoms with van der Waals surface area (Å²) in [6.45, 7) is 2.51. The van der Waals surface area contributed by atoms with E-state index in [1.807, 2.05) is 6.92 Å². The Bertz CT molecular complexity index is 579. The van der Waals surface area contributed by atoms with Crippen molar-refractivity contribution < 1.29 is 4.92 Å². The highest BCUT2D eigenvalue weighted by atomic mass is 16.6. The average molecular weight is 248 g/mol. The molecule has 0 aliphatic heterocycles. The molecule has 0 aromatic carbocycles. The number of aryl methyl sites for hydroxylation is 1. The fraction of sp³-hybridized carbons (Fsp3) is 0.300. The number of hydrogen-bond acceptors (Lipinski definition) is 6. The zero-order chi connectivity index (χ0) is 13.1. The van der Waals surface area contributed by atoms with Gasteiger partial charge >= 0.3 is 5.69 Å². The third-order valence-corrected chi connectivity index (χ3v) is 2.45. The topological polar surface area (TPSA) is 98.8 Å². The highest BCUT2D eigenvalue weighted by Crippen LogP contribution is 2.27. The first-order valence-electron chi connectivity index (χ1n) is 5.38. The van der Waals surface area contributed by atoms with Gasteiger partial charge in [0.15, 0.2) is 5.69 Å². The van der Waals surface area contributed by atoms with Crippen LogP contribution in [-0.2, 0) is 6.54 Å². The molecule has 1 N–H and O–H groups in total. The number of nitrogens with zero attached hydrogens (tertiary/aromatic N) is 5. The molecule has 0 saturated carbocycles. The molecule has 0 radical (unpaired) electrons. The number of rotatable bonds is 4. The lowest BCUT2D eigenvalue weighted by Gasteiger charge is -2.06. The van der Waals surface area contributed by atoms with Crippen LogP contribution in [-0.4, -0.2) is 31.7 Å². The number of anilines is 1. The molecular formula is C10H12N6O2. The van der Waals surface area contributed by atoms with E-state index in [4.69, 9.17) is 0 Å². The van der Waals surface area contributed by atoms with Crippen molar-refractivity contribution in [2.24, 2.45) is 0 Å². The van der Waals surface area contributed by atoms with Gasteiger partial charge in [0.05, 0.1) is 10.6 Å². The lowest BCUT2D eigenvalue weighted by molar-refractivity contribution is -0.384. The SMILES string of the molecule is CCn1nccc1-c1nc(NC)ncc1[N+](=O)[O-]. The van der Waals surface area contributed by atoms with Crippen molar-refractivity contribution >= 4 is 11.6 Å². The monoisotopic (exact) mass is 248 g/mol. The van der Waals surface area contributed by atoms with Crippen molar-refractivity contribution in [1.82, 2.24) is 19.7 Å². The van der Waals surface area contributed by atoms with E-state index < -0.39 is 4.92 Å². The maximum absolute atomic E-state index is 11.0. The molecule has 2 heterocycles. The zero-order valence-electron chi connectivity index (χ0n) is 9.99. The summed E-state index contributed by atoms with van der Waals surface area (Å²) in [6.07, 6.45) is 2.78. The Balaban J connectivity index is 2.63. The van der Waals surface area contributed by atoms with Gasteiger partial charge in [-0.1, -0.05) is 0 Å². The Hall–Kier alpha value is -2.51. The summed E-state index contributed by atoms with van der Waals surface area (Å²) in [5, 5.41) is 17.8. The molecule has 0 atom stereocenters. The first-order valence-corrected chi connectivity index (χ1v) is 5.38. The summed E-state index contributed by atoms with van der Waals surface area (Å²) in [5.74, 6) is 0.333. The van der Waals surface area contributed by atoms with Crippen LogP contribution in [0, 0.1) is 10.1 Å². The second-order valence-electron chi connectivity index (χ2n) is 3.47. The highest BCUT2D eigenvalue weighted by Gasteiger charge is 2.21. The minimum atomic E-state index is -0.498. The Morgan fingerprint density at radius 1 is 1.56 bits per heavy atom. The van der Waals surface area contributed by atoms with Crippen LogP contribution in [0.5, 0.6) is 0 Å². The van der Waals surface area contributed by atoms with Crippen molar-refractivity contribution in [2.75, 3.05) is 12.4 Å². The van der Waals surface area contributed by atoms with Crippen molar-refractivity contribution in [3.8, 4) is 11.4 Å². The summed E-state index contributed by atoms with van der Waals surface area (Å²) in [4.78, 5) is 18.5. The summed E-state index contributed by atoms with van der Waals surface area (Å²) in [5.41, 5.74) is 0.728.